The molecule has 1 aliphatic heterocycles. The van der Waals surface area contributed by atoms with Gasteiger partial charge in [-0.3, -0.25) is 9.69 Å². The highest BCUT2D eigenvalue weighted by Crippen LogP contribution is 2.40. The monoisotopic (exact) mass is 514 g/mol. The van der Waals surface area contributed by atoms with Gasteiger partial charge in [0.05, 0.1) is 0 Å². The first-order chi connectivity index (χ1) is 18.1. The molecule has 0 unspecified atom stereocenters. The van der Waals surface area contributed by atoms with Crippen LogP contribution in [0.25, 0.3) is 20.5 Å². The molecular formula is C31H34N2O3S. The van der Waals surface area contributed by atoms with E-state index in [1.54, 1.807) is 11.3 Å². The summed E-state index contributed by atoms with van der Waals surface area (Å²) in [5.41, 5.74) is 2.44. The molecule has 0 spiro atoms. The molecule has 0 saturated carbocycles. The molecule has 0 aliphatic carbocycles. The maximum atomic E-state index is 13.8. The fourth-order valence-corrected chi connectivity index (χ4v) is 5.87. The number of carbonyl (C=O) groups excluding carboxylic acids is 1. The van der Waals surface area contributed by atoms with Gasteiger partial charge in [-0.1, -0.05) is 18.2 Å². The predicted octanol–water partition coefficient (Wildman–Crippen LogP) is 6.21. The molecule has 1 aromatic heterocycles. The molecule has 6 heteroatoms. The largest absolute Gasteiger partial charge is 0.492 e. The van der Waals surface area contributed by atoms with E-state index in [4.69, 9.17) is 9.47 Å². The van der Waals surface area contributed by atoms with Crippen LogP contribution in [-0.2, 0) is 0 Å². The average molecular weight is 515 g/mol. The van der Waals surface area contributed by atoms with Gasteiger partial charge in [-0.2, -0.15) is 0 Å². The van der Waals surface area contributed by atoms with Crippen molar-refractivity contribution in [1.29, 1.82) is 0 Å². The van der Waals surface area contributed by atoms with Crippen LogP contribution in [0.3, 0.4) is 0 Å². The second-order valence-electron chi connectivity index (χ2n) is 9.73. The van der Waals surface area contributed by atoms with E-state index in [0.29, 0.717) is 18.8 Å². The third-order valence-electron chi connectivity index (χ3n) is 6.74. The van der Waals surface area contributed by atoms with Gasteiger partial charge < -0.3 is 14.4 Å². The minimum atomic E-state index is 0.0261. The average Bonchev–Trinajstić information content (AvgIpc) is 3.57. The number of hydrogen-bond acceptors (Lipinski definition) is 6. The molecule has 5 rings (SSSR count). The zero-order chi connectivity index (χ0) is 25.6. The Bertz CT molecular complexity index is 1320. The third-order valence-corrected chi connectivity index (χ3v) is 7.96. The second kappa shape index (κ2) is 11.9. The molecule has 0 amide bonds. The van der Waals surface area contributed by atoms with Gasteiger partial charge in [-0.05, 0) is 100 Å². The summed E-state index contributed by atoms with van der Waals surface area (Å²) in [6.45, 7) is 5.47. The van der Waals surface area contributed by atoms with Crippen LogP contribution < -0.4 is 9.47 Å². The van der Waals surface area contributed by atoms with E-state index >= 15 is 0 Å². The van der Waals surface area contributed by atoms with Crippen LogP contribution in [0.5, 0.6) is 11.5 Å². The number of ether oxygens (including phenoxy) is 2. The van der Waals surface area contributed by atoms with Gasteiger partial charge in [-0.25, -0.2) is 0 Å². The van der Waals surface area contributed by atoms with Gasteiger partial charge in [0, 0.05) is 39.2 Å². The zero-order valence-electron chi connectivity index (χ0n) is 21.6. The maximum absolute atomic E-state index is 13.8. The van der Waals surface area contributed by atoms with Crippen LogP contribution in [0, 0.1) is 0 Å². The Morgan fingerprint density at radius 2 is 1.51 bits per heavy atom. The summed E-state index contributed by atoms with van der Waals surface area (Å²) in [6, 6.07) is 23.8. The molecule has 37 heavy (non-hydrogen) atoms. The quantitative estimate of drug-likeness (QED) is 0.223. The number of fused-ring (bicyclic) bond motifs is 1. The van der Waals surface area contributed by atoms with Crippen LogP contribution in [0.2, 0.25) is 0 Å². The summed E-state index contributed by atoms with van der Waals surface area (Å²) >= 11 is 1.66. The number of carbonyl (C=O) groups is 1. The number of nitrogens with zero attached hydrogens (tertiary/aromatic N) is 2. The number of likely N-dealkylation sites (tertiary alicyclic amines) is 1. The first-order valence-corrected chi connectivity index (χ1v) is 13.8. The van der Waals surface area contributed by atoms with Crippen LogP contribution in [-0.4, -0.2) is 69.1 Å². The number of rotatable bonds is 11. The minimum absolute atomic E-state index is 0.0261. The molecule has 5 nitrogen and oxygen atoms in total. The molecule has 1 aliphatic rings. The Morgan fingerprint density at radius 3 is 2.22 bits per heavy atom. The molecule has 4 aromatic rings. The highest BCUT2D eigenvalue weighted by atomic mass is 32.1. The van der Waals surface area contributed by atoms with E-state index in [1.165, 1.54) is 25.9 Å². The van der Waals surface area contributed by atoms with E-state index in [2.05, 4.69) is 28.0 Å². The van der Waals surface area contributed by atoms with Crippen LogP contribution in [0.15, 0.2) is 72.8 Å². The van der Waals surface area contributed by atoms with Crippen molar-refractivity contribution in [2.75, 3.05) is 53.5 Å². The van der Waals surface area contributed by atoms with Crippen molar-refractivity contribution in [3.8, 4) is 21.9 Å². The van der Waals surface area contributed by atoms with Crippen molar-refractivity contribution >= 4 is 27.2 Å². The Balaban J connectivity index is 1.35. The first kappa shape index (κ1) is 25.5. The summed E-state index contributed by atoms with van der Waals surface area (Å²) in [4.78, 5) is 19.3. The van der Waals surface area contributed by atoms with Gasteiger partial charge in [0.2, 0.25) is 0 Å². The molecule has 3 aromatic carbocycles. The molecule has 0 bridgehead atoms. The van der Waals surface area contributed by atoms with Crippen molar-refractivity contribution in [2.45, 2.75) is 12.8 Å². The molecule has 0 atom stereocenters. The Hall–Kier alpha value is -3.19. The van der Waals surface area contributed by atoms with Gasteiger partial charge in [0.1, 0.15) is 24.7 Å². The Morgan fingerprint density at radius 1 is 0.865 bits per heavy atom. The van der Waals surface area contributed by atoms with Crippen molar-refractivity contribution in [1.82, 2.24) is 9.80 Å². The standard InChI is InChI=1S/C31H34N2O3S/c1-32(2)19-21-35-25-13-9-23(10-14-25)30(34)29-27-7-3-4-8-28(27)37-31(29)24-11-15-26(16-12-24)36-22-20-33-17-5-6-18-33/h3-4,7-16H,5-6,17-22H2,1-2H3. The summed E-state index contributed by atoms with van der Waals surface area (Å²) < 4.78 is 12.9. The summed E-state index contributed by atoms with van der Waals surface area (Å²) in [7, 11) is 4.04. The van der Waals surface area contributed by atoms with Crippen LogP contribution in [0.1, 0.15) is 28.8 Å². The molecule has 1 saturated heterocycles. The zero-order valence-corrected chi connectivity index (χ0v) is 22.4. The lowest BCUT2D eigenvalue weighted by molar-refractivity contribution is 0.104. The van der Waals surface area contributed by atoms with Crippen LogP contribution in [0.4, 0.5) is 0 Å². The maximum Gasteiger partial charge on any atom is 0.195 e. The second-order valence-corrected chi connectivity index (χ2v) is 10.8. The topological polar surface area (TPSA) is 42.0 Å². The highest BCUT2D eigenvalue weighted by molar-refractivity contribution is 7.22. The Labute approximate surface area is 223 Å². The van der Waals surface area contributed by atoms with E-state index < -0.39 is 0 Å². The predicted molar refractivity (Wildman–Crippen MR) is 152 cm³/mol. The number of hydrogen-bond donors (Lipinski definition) is 0. The summed E-state index contributed by atoms with van der Waals surface area (Å²) in [6.07, 6.45) is 2.58. The highest BCUT2D eigenvalue weighted by Gasteiger charge is 2.21. The number of ketones is 1. The third kappa shape index (κ3) is 6.21. The molecular weight excluding hydrogens is 480 g/mol. The van der Waals surface area contributed by atoms with E-state index in [9.17, 15) is 4.79 Å². The SMILES string of the molecule is CN(C)CCOc1ccc(C(=O)c2c(-c3ccc(OCCN4CCCC4)cc3)sc3ccccc23)cc1. The van der Waals surface area contributed by atoms with Gasteiger partial charge in [0.25, 0.3) is 0 Å². The van der Waals surface area contributed by atoms with Crippen molar-refractivity contribution < 1.29 is 14.3 Å². The molecule has 0 radical (unpaired) electrons. The van der Waals surface area contributed by atoms with Crippen molar-refractivity contribution in [3.63, 3.8) is 0 Å². The Kier molecular flexibility index (Phi) is 8.19. The van der Waals surface area contributed by atoms with E-state index in [-0.39, 0.29) is 5.78 Å². The van der Waals surface area contributed by atoms with Gasteiger partial charge >= 0.3 is 0 Å². The lowest BCUT2D eigenvalue weighted by Crippen LogP contribution is -2.25. The van der Waals surface area contributed by atoms with Gasteiger partial charge in [0.15, 0.2) is 5.78 Å². The van der Waals surface area contributed by atoms with Crippen molar-refractivity contribution in [3.05, 3.63) is 83.9 Å². The molecule has 0 N–H and O–H groups in total. The molecule has 1 fully saturated rings. The van der Waals surface area contributed by atoms with E-state index in [0.717, 1.165) is 50.7 Å². The minimum Gasteiger partial charge on any atom is -0.492 e. The number of thiophene rings is 1. The fourth-order valence-electron chi connectivity index (χ4n) is 4.67. The van der Waals surface area contributed by atoms with Crippen LogP contribution >= 0.6 is 11.3 Å². The fraction of sp³-hybridized carbons (Fsp3) is 0.323. The van der Waals surface area contributed by atoms with Crippen molar-refractivity contribution in [2.24, 2.45) is 0 Å². The molecule has 192 valence electrons. The summed E-state index contributed by atoms with van der Waals surface area (Å²) in [5.74, 6) is 1.66. The van der Waals surface area contributed by atoms with Gasteiger partial charge in [-0.15, -0.1) is 11.3 Å². The smallest absolute Gasteiger partial charge is 0.195 e. The lowest BCUT2D eigenvalue weighted by atomic mass is 9.97. The first-order valence-electron chi connectivity index (χ1n) is 13.0. The molecule has 2 heterocycles. The normalized spacial score (nSPS) is 13.9. The summed E-state index contributed by atoms with van der Waals surface area (Å²) in [5, 5.41) is 0.991. The van der Waals surface area contributed by atoms with E-state index in [1.807, 2.05) is 68.7 Å². The lowest BCUT2D eigenvalue weighted by Gasteiger charge is -2.15. The number of benzene rings is 3. The number of likely N-dealkylation sites (N-methyl/N-ethyl adjacent to an activating group) is 1.